The number of hydrogen-bond acceptors (Lipinski definition) is 0. The third-order valence-electron chi connectivity index (χ3n) is 4.55. The van der Waals surface area contributed by atoms with E-state index in [4.69, 9.17) is 0 Å². The molecule has 0 N–H and O–H groups in total. The minimum absolute atomic E-state index is 0.234. The molecule has 0 saturated carbocycles. The molecule has 4 rings (SSSR count). The summed E-state index contributed by atoms with van der Waals surface area (Å²) in [4.78, 5) is 0. The molecule has 24 heavy (non-hydrogen) atoms. The quantitative estimate of drug-likeness (QED) is 0.415. The Balaban J connectivity index is 1.64. The maximum atomic E-state index is 12.9. The Morgan fingerprint density at radius 1 is 0.792 bits per heavy atom. The molecule has 0 spiro atoms. The SMILES string of the molecule is CCc1ccc2c(c1)Cc1cc(C#Cc3ccc(F)cc3)ccc1-2. The molecule has 0 heterocycles. The second kappa shape index (κ2) is 5.98. The van der Waals surface area contributed by atoms with E-state index in [2.05, 4.69) is 55.2 Å². The molecule has 3 aromatic rings. The molecule has 0 aromatic heterocycles. The predicted molar refractivity (Wildman–Crippen MR) is 96.4 cm³/mol. The highest BCUT2D eigenvalue weighted by atomic mass is 19.1. The summed E-state index contributed by atoms with van der Waals surface area (Å²) in [7, 11) is 0. The highest BCUT2D eigenvalue weighted by Gasteiger charge is 2.18. The van der Waals surface area contributed by atoms with E-state index in [-0.39, 0.29) is 5.82 Å². The van der Waals surface area contributed by atoms with Gasteiger partial charge in [-0.3, -0.25) is 0 Å². The third kappa shape index (κ3) is 2.72. The average molecular weight is 312 g/mol. The Hall–Kier alpha value is -2.85. The summed E-state index contributed by atoms with van der Waals surface area (Å²) in [6.07, 6.45) is 2.04. The first-order valence-corrected chi connectivity index (χ1v) is 8.25. The minimum Gasteiger partial charge on any atom is -0.207 e. The lowest BCUT2D eigenvalue weighted by atomic mass is 10.0. The fraction of sp³-hybridized carbons (Fsp3) is 0.130. The molecule has 0 amide bonds. The van der Waals surface area contributed by atoms with Gasteiger partial charge in [-0.25, -0.2) is 4.39 Å². The van der Waals surface area contributed by atoms with E-state index in [9.17, 15) is 4.39 Å². The van der Waals surface area contributed by atoms with Crippen LogP contribution in [0, 0.1) is 17.7 Å². The molecule has 1 aliphatic rings. The number of hydrogen-bond donors (Lipinski definition) is 0. The van der Waals surface area contributed by atoms with Crippen LogP contribution in [0.5, 0.6) is 0 Å². The van der Waals surface area contributed by atoms with Crippen LogP contribution in [0.3, 0.4) is 0 Å². The van der Waals surface area contributed by atoms with E-state index >= 15 is 0 Å². The molecule has 0 fully saturated rings. The largest absolute Gasteiger partial charge is 0.207 e. The Bertz CT molecular complexity index is 969. The molecule has 0 aliphatic heterocycles. The maximum Gasteiger partial charge on any atom is 0.123 e. The average Bonchev–Trinajstić information content (AvgIpc) is 2.97. The van der Waals surface area contributed by atoms with E-state index < -0.39 is 0 Å². The van der Waals surface area contributed by atoms with E-state index in [0.717, 1.165) is 24.0 Å². The van der Waals surface area contributed by atoms with Crippen LogP contribution in [0.4, 0.5) is 4.39 Å². The molecular formula is C23H17F. The van der Waals surface area contributed by atoms with Crippen molar-refractivity contribution in [2.75, 3.05) is 0 Å². The zero-order valence-corrected chi connectivity index (χ0v) is 13.6. The normalized spacial score (nSPS) is 11.4. The molecule has 0 atom stereocenters. The van der Waals surface area contributed by atoms with Gasteiger partial charge in [-0.2, -0.15) is 0 Å². The first-order valence-electron chi connectivity index (χ1n) is 8.25. The molecule has 0 unspecified atom stereocenters. The van der Waals surface area contributed by atoms with Crippen molar-refractivity contribution in [1.82, 2.24) is 0 Å². The number of benzene rings is 3. The highest BCUT2D eigenvalue weighted by Crippen LogP contribution is 2.37. The molecule has 0 saturated heterocycles. The van der Waals surface area contributed by atoms with E-state index in [1.165, 1.54) is 39.9 Å². The second-order valence-corrected chi connectivity index (χ2v) is 6.15. The van der Waals surface area contributed by atoms with Crippen molar-refractivity contribution in [2.24, 2.45) is 0 Å². The molecular weight excluding hydrogens is 295 g/mol. The Labute approximate surface area is 142 Å². The summed E-state index contributed by atoms with van der Waals surface area (Å²) < 4.78 is 12.9. The van der Waals surface area contributed by atoms with Crippen LogP contribution in [0.25, 0.3) is 11.1 Å². The molecule has 1 aliphatic carbocycles. The van der Waals surface area contributed by atoms with Crippen molar-refractivity contribution < 1.29 is 4.39 Å². The van der Waals surface area contributed by atoms with Crippen LogP contribution in [-0.2, 0) is 12.8 Å². The fourth-order valence-corrected chi connectivity index (χ4v) is 3.24. The van der Waals surface area contributed by atoms with E-state index in [1.54, 1.807) is 12.1 Å². The van der Waals surface area contributed by atoms with Crippen molar-refractivity contribution in [3.8, 4) is 23.0 Å². The molecule has 1 heteroatoms. The summed E-state index contributed by atoms with van der Waals surface area (Å²) in [5.41, 5.74) is 8.63. The lowest BCUT2D eigenvalue weighted by Gasteiger charge is -2.03. The van der Waals surface area contributed by atoms with Crippen molar-refractivity contribution in [3.63, 3.8) is 0 Å². The van der Waals surface area contributed by atoms with Crippen molar-refractivity contribution in [3.05, 3.63) is 94.3 Å². The van der Waals surface area contributed by atoms with E-state index in [0.29, 0.717) is 0 Å². The Morgan fingerprint density at radius 2 is 1.42 bits per heavy atom. The second-order valence-electron chi connectivity index (χ2n) is 6.15. The first kappa shape index (κ1) is 14.7. The predicted octanol–water partition coefficient (Wildman–Crippen LogP) is 5.36. The van der Waals surface area contributed by atoms with Crippen LogP contribution < -0.4 is 0 Å². The van der Waals surface area contributed by atoms with Crippen molar-refractivity contribution in [2.45, 2.75) is 19.8 Å². The summed E-state index contributed by atoms with van der Waals surface area (Å²) in [5, 5.41) is 0. The van der Waals surface area contributed by atoms with Gasteiger partial charge in [0.25, 0.3) is 0 Å². The van der Waals surface area contributed by atoms with Gasteiger partial charge in [-0.05, 0) is 77.1 Å². The summed E-state index contributed by atoms with van der Waals surface area (Å²) in [6.45, 7) is 2.19. The maximum absolute atomic E-state index is 12.9. The van der Waals surface area contributed by atoms with E-state index in [1.807, 2.05) is 0 Å². The minimum atomic E-state index is -0.234. The van der Waals surface area contributed by atoms with Gasteiger partial charge >= 0.3 is 0 Å². The molecule has 0 nitrogen and oxygen atoms in total. The first-order chi connectivity index (χ1) is 11.7. The van der Waals surface area contributed by atoms with Crippen LogP contribution in [-0.4, -0.2) is 0 Å². The van der Waals surface area contributed by atoms with Gasteiger partial charge in [0.2, 0.25) is 0 Å². The number of rotatable bonds is 1. The van der Waals surface area contributed by atoms with Gasteiger partial charge in [0.1, 0.15) is 5.82 Å². The van der Waals surface area contributed by atoms with Gasteiger partial charge < -0.3 is 0 Å². The molecule has 3 aromatic carbocycles. The van der Waals surface area contributed by atoms with Crippen molar-refractivity contribution >= 4 is 0 Å². The topological polar surface area (TPSA) is 0 Å². The van der Waals surface area contributed by atoms with Crippen LogP contribution >= 0.6 is 0 Å². The Kier molecular flexibility index (Phi) is 3.67. The molecule has 116 valence electrons. The van der Waals surface area contributed by atoms with Crippen LogP contribution in [0.15, 0.2) is 60.7 Å². The standard InChI is InChI=1S/C23H17F/c1-2-16-7-11-22-19(13-16)15-20-14-18(8-12-23(20)22)4-3-17-5-9-21(24)10-6-17/h5-14H,2,15H2,1H3. The molecule has 0 radical (unpaired) electrons. The van der Waals surface area contributed by atoms with Crippen molar-refractivity contribution in [1.29, 1.82) is 0 Å². The number of aryl methyl sites for hydroxylation is 1. The van der Waals surface area contributed by atoms with Gasteiger partial charge in [-0.1, -0.05) is 43.0 Å². The zero-order chi connectivity index (χ0) is 16.5. The summed E-state index contributed by atoms with van der Waals surface area (Å²) in [6, 6.07) is 19.5. The van der Waals surface area contributed by atoms with Gasteiger partial charge in [0.15, 0.2) is 0 Å². The summed E-state index contributed by atoms with van der Waals surface area (Å²) in [5.74, 6) is 6.06. The van der Waals surface area contributed by atoms with Gasteiger partial charge in [0, 0.05) is 11.1 Å². The summed E-state index contributed by atoms with van der Waals surface area (Å²) >= 11 is 0. The smallest absolute Gasteiger partial charge is 0.123 e. The third-order valence-corrected chi connectivity index (χ3v) is 4.55. The molecule has 0 bridgehead atoms. The van der Waals surface area contributed by atoms with Gasteiger partial charge in [0.05, 0.1) is 0 Å². The number of halogens is 1. The monoisotopic (exact) mass is 312 g/mol. The Morgan fingerprint density at radius 3 is 2.17 bits per heavy atom. The highest BCUT2D eigenvalue weighted by molar-refractivity contribution is 5.77. The van der Waals surface area contributed by atoms with Crippen LogP contribution in [0.1, 0.15) is 34.7 Å². The number of fused-ring (bicyclic) bond motifs is 3. The van der Waals surface area contributed by atoms with Gasteiger partial charge in [-0.15, -0.1) is 0 Å². The van der Waals surface area contributed by atoms with Crippen LogP contribution in [0.2, 0.25) is 0 Å². The lowest BCUT2D eigenvalue weighted by molar-refractivity contribution is 0.627. The fourth-order valence-electron chi connectivity index (χ4n) is 3.24. The lowest BCUT2D eigenvalue weighted by Crippen LogP contribution is -1.85. The zero-order valence-electron chi connectivity index (χ0n) is 13.6.